The summed E-state index contributed by atoms with van der Waals surface area (Å²) in [5.74, 6) is 0.680. The second-order valence-electron chi connectivity index (χ2n) is 6.20. The van der Waals surface area contributed by atoms with Gasteiger partial charge in [-0.05, 0) is 37.6 Å². The number of rotatable bonds is 6. The van der Waals surface area contributed by atoms with Crippen LogP contribution in [0.5, 0.6) is 5.75 Å². The summed E-state index contributed by atoms with van der Waals surface area (Å²) in [6.45, 7) is 2.98. The van der Waals surface area contributed by atoms with Crippen molar-refractivity contribution in [1.29, 1.82) is 0 Å². The number of hydrogen-bond donors (Lipinski definition) is 2. The third-order valence-corrected chi connectivity index (χ3v) is 4.46. The molecule has 1 saturated heterocycles. The van der Waals surface area contributed by atoms with Crippen LogP contribution in [0.1, 0.15) is 37.8 Å². The molecule has 7 heteroatoms. The molecule has 0 spiro atoms. The zero-order valence-electron chi connectivity index (χ0n) is 15.1. The Balaban J connectivity index is 0.00000312. The van der Waals surface area contributed by atoms with Crippen LogP contribution < -0.4 is 15.4 Å². The van der Waals surface area contributed by atoms with Gasteiger partial charge in [0, 0.05) is 26.1 Å². The normalized spacial score (nSPS) is 18.0. The molecule has 0 aromatic heterocycles. The fourth-order valence-electron chi connectivity index (χ4n) is 3.08. The Bertz CT molecular complexity index is 565. The Hall–Kier alpha value is -1.79. The number of nitrogens with one attached hydrogen (secondary N) is 2. The van der Waals surface area contributed by atoms with Crippen molar-refractivity contribution in [2.75, 3.05) is 27.2 Å². The van der Waals surface area contributed by atoms with E-state index >= 15 is 0 Å². The zero-order chi connectivity index (χ0) is 17.5. The number of carbonyl (C=O) groups is 2. The van der Waals surface area contributed by atoms with Gasteiger partial charge in [-0.3, -0.25) is 9.59 Å². The summed E-state index contributed by atoms with van der Waals surface area (Å²) in [6.07, 6.45) is 2.36. The van der Waals surface area contributed by atoms with Crippen LogP contribution in [-0.4, -0.2) is 50.0 Å². The lowest BCUT2D eigenvalue weighted by Gasteiger charge is -2.33. The number of amides is 2. The molecule has 2 atom stereocenters. The van der Waals surface area contributed by atoms with Gasteiger partial charge in [0.05, 0.1) is 19.6 Å². The lowest BCUT2D eigenvalue weighted by molar-refractivity contribution is -0.133. The molecule has 0 radical (unpaired) electrons. The van der Waals surface area contributed by atoms with Crippen molar-refractivity contribution in [3.05, 3.63) is 29.8 Å². The molecular formula is C18H28ClN3O3. The molecule has 2 rings (SSSR count). The Labute approximate surface area is 155 Å². The number of carbonyl (C=O) groups excluding carboxylic acids is 2. The third-order valence-electron chi connectivity index (χ3n) is 4.46. The van der Waals surface area contributed by atoms with Crippen molar-refractivity contribution in [3.8, 4) is 5.75 Å². The van der Waals surface area contributed by atoms with Gasteiger partial charge in [-0.15, -0.1) is 12.4 Å². The highest BCUT2D eigenvalue weighted by Crippen LogP contribution is 2.22. The van der Waals surface area contributed by atoms with Crippen molar-refractivity contribution in [2.45, 2.75) is 38.3 Å². The first-order valence-electron chi connectivity index (χ1n) is 8.39. The minimum absolute atomic E-state index is 0. The van der Waals surface area contributed by atoms with Crippen LogP contribution >= 0.6 is 12.4 Å². The molecule has 0 aliphatic carbocycles. The molecule has 1 fully saturated rings. The van der Waals surface area contributed by atoms with E-state index in [0.29, 0.717) is 6.04 Å². The van der Waals surface area contributed by atoms with Crippen LogP contribution in [0.15, 0.2) is 24.3 Å². The van der Waals surface area contributed by atoms with E-state index in [1.54, 1.807) is 7.11 Å². The van der Waals surface area contributed by atoms with Crippen molar-refractivity contribution < 1.29 is 14.3 Å². The van der Waals surface area contributed by atoms with Gasteiger partial charge >= 0.3 is 0 Å². The smallest absolute Gasteiger partial charge is 0.225 e. The van der Waals surface area contributed by atoms with Gasteiger partial charge in [0.2, 0.25) is 11.8 Å². The summed E-state index contributed by atoms with van der Waals surface area (Å²) in [4.78, 5) is 26.1. The van der Waals surface area contributed by atoms with E-state index in [0.717, 1.165) is 37.2 Å². The van der Waals surface area contributed by atoms with E-state index in [-0.39, 0.29) is 36.7 Å². The van der Waals surface area contributed by atoms with E-state index in [9.17, 15) is 9.59 Å². The number of likely N-dealkylation sites (N-methyl/N-ethyl adjacent to an activating group) is 1. The van der Waals surface area contributed by atoms with Gasteiger partial charge in [0.15, 0.2) is 0 Å². The van der Waals surface area contributed by atoms with Gasteiger partial charge in [0.25, 0.3) is 0 Å². The molecule has 0 bridgehead atoms. The molecule has 1 aliphatic heterocycles. The molecule has 1 aliphatic rings. The molecule has 140 valence electrons. The Morgan fingerprint density at radius 1 is 1.32 bits per heavy atom. The third kappa shape index (κ3) is 6.21. The first-order chi connectivity index (χ1) is 11.5. The van der Waals surface area contributed by atoms with Crippen LogP contribution in [-0.2, 0) is 9.59 Å². The average Bonchev–Trinajstić information content (AvgIpc) is 2.60. The van der Waals surface area contributed by atoms with Crippen LogP contribution in [0.2, 0.25) is 0 Å². The highest BCUT2D eigenvalue weighted by molar-refractivity contribution is 5.85. The molecule has 25 heavy (non-hydrogen) atoms. The zero-order valence-corrected chi connectivity index (χ0v) is 15.9. The monoisotopic (exact) mass is 369 g/mol. The maximum atomic E-state index is 12.7. The second kappa shape index (κ2) is 10.3. The lowest BCUT2D eigenvalue weighted by Crippen LogP contribution is -2.47. The van der Waals surface area contributed by atoms with Gasteiger partial charge in [0.1, 0.15) is 5.75 Å². The van der Waals surface area contributed by atoms with Crippen LogP contribution in [0, 0.1) is 0 Å². The van der Waals surface area contributed by atoms with E-state index < -0.39 is 0 Å². The number of piperidine rings is 1. The highest BCUT2D eigenvalue weighted by atomic mass is 35.5. The predicted octanol–water partition coefficient (Wildman–Crippen LogP) is 1.89. The van der Waals surface area contributed by atoms with Crippen LogP contribution in [0.3, 0.4) is 0 Å². The lowest BCUT2D eigenvalue weighted by atomic mass is 10.0. The summed E-state index contributed by atoms with van der Waals surface area (Å²) >= 11 is 0. The number of benzene rings is 1. The van der Waals surface area contributed by atoms with Gasteiger partial charge in [-0.2, -0.15) is 0 Å². The Kier molecular flexibility index (Phi) is 8.72. The molecule has 2 unspecified atom stereocenters. The van der Waals surface area contributed by atoms with E-state index in [2.05, 4.69) is 10.6 Å². The van der Waals surface area contributed by atoms with Crippen molar-refractivity contribution in [3.63, 3.8) is 0 Å². The fourth-order valence-corrected chi connectivity index (χ4v) is 3.08. The average molecular weight is 370 g/mol. The molecular weight excluding hydrogens is 342 g/mol. The molecule has 1 aromatic carbocycles. The summed E-state index contributed by atoms with van der Waals surface area (Å²) in [5.41, 5.74) is 0.904. The van der Waals surface area contributed by atoms with Crippen molar-refractivity contribution >= 4 is 24.2 Å². The molecule has 1 aromatic rings. The maximum absolute atomic E-state index is 12.7. The molecule has 1 heterocycles. The first kappa shape index (κ1) is 21.3. The molecule has 6 nitrogen and oxygen atoms in total. The Morgan fingerprint density at radius 2 is 2.00 bits per heavy atom. The summed E-state index contributed by atoms with van der Waals surface area (Å²) in [6, 6.07) is 7.48. The second-order valence-corrected chi connectivity index (χ2v) is 6.20. The van der Waals surface area contributed by atoms with E-state index in [4.69, 9.17) is 4.74 Å². The number of hydrogen-bond acceptors (Lipinski definition) is 4. The number of likely N-dealkylation sites (tertiary alicyclic amines) is 1. The number of nitrogens with zero attached hydrogens (tertiary/aromatic N) is 1. The van der Waals surface area contributed by atoms with Gasteiger partial charge < -0.3 is 20.3 Å². The van der Waals surface area contributed by atoms with Crippen molar-refractivity contribution in [2.24, 2.45) is 0 Å². The van der Waals surface area contributed by atoms with E-state index in [1.807, 2.05) is 36.2 Å². The first-order valence-corrected chi connectivity index (χ1v) is 8.39. The predicted molar refractivity (Wildman–Crippen MR) is 100 cm³/mol. The fraction of sp³-hybridized carbons (Fsp3) is 0.556. The van der Waals surface area contributed by atoms with Crippen LogP contribution in [0.4, 0.5) is 0 Å². The standard InChI is InChI=1S/C18H27N3O3.ClH/c1-13(22)20-17(14-6-8-16(24-3)9-7-14)11-18(23)21-10-4-5-15(12-21)19-2;/h6-9,15,17,19H,4-5,10-12H2,1-3H3,(H,20,22);1H. The molecule has 2 N–H and O–H groups in total. The minimum atomic E-state index is -0.323. The summed E-state index contributed by atoms with van der Waals surface area (Å²) in [5, 5.41) is 6.13. The minimum Gasteiger partial charge on any atom is -0.497 e. The summed E-state index contributed by atoms with van der Waals surface area (Å²) < 4.78 is 5.16. The number of halogens is 1. The van der Waals surface area contributed by atoms with Gasteiger partial charge in [-0.1, -0.05) is 12.1 Å². The maximum Gasteiger partial charge on any atom is 0.225 e. The highest BCUT2D eigenvalue weighted by Gasteiger charge is 2.25. The topological polar surface area (TPSA) is 70.7 Å². The Morgan fingerprint density at radius 3 is 2.56 bits per heavy atom. The molecule has 2 amide bonds. The number of methoxy groups -OCH3 is 1. The SMILES string of the molecule is CNC1CCCN(C(=O)CC(NC(C)=O)c2ccc(OC)cc2)C1.Cl. The summed E-state index contributed by atoms with van der Waals surface area (Å²) in [7, 11) is 3.54. The quantitative estimate of drug-likeness (QED) is 0.803. The van der Waals surface area contributed by atoms with Crippen LogP contribution in [0.25, 0.3) is 0 Å². The van der Waals surface area contributed by atoms with Crippen molar-refractivity contribution in [1.82, 2.24) is 15.5 Å². The van der Waals surface area contributed by atoms with Gasteiger partial charge in [-0.25, -0.2) is 0 Å². The molecule has 0 saturated carbocycles. The largest absolute Gasteiger partial charge is 0.497 e. The number of ether oxygens (including phenoxy) is 1. The van der Waals surface area contributed by atoms with E-state index in [1.165, 1.54) is 6.92 Å².